The maximum atomic E-state index is 12.5. The Morgan fingerprint density at radius 3 is 2.38 bits per heavy atom. The van der Waals surface area contributed by atoms with Crippen LogP contribution < -0.4 is 10.2 Å². The molecule has 0 unspecified atom stereocenters. The van der Waals surface area contributed by atoms with Crippen LogP contribution in [0.5, 0.6) is 0 Å². The van der Waals surface area contributed by atoms with Crippen molar-refractivity contribution in [1.29, 1.82) is 0 Å². The van der Waals surface area contributed by atoms with Crippen LogP contribution in [0.1, 0.15) is 10.4 Å². The van der Waals surface area contributed by atoms with Crippen LogP contribution in [0, 0.1) is 0 Å². The Bertz CT molecular complexity index is 894. The lowest BCUT2D eigenvalue weighted by Gasteiger charge is -2.13. The van der Waals surface area contributed by atoms with Crippen molar-refractivity contribution in [2.75, 3.05) is 45.0 Å². The van der Waals surface area contributed by atoms with E-state index in [0.717, 1.165) is 29.9 Å². The number of rotatable bonds is 6. The number of amides is 1. The first-order valence-electron chi connectivity index (χ1n) is 8.76. The third-order valence-electron chi connectivity index (χ3n) is 4.46. The van der Waals surface area contributed by atoms with Gasteiger partial charge in [0.2, 0.25) is 0 Å². The normalized spacial score (nSPS) is 11.1. The van der Waals surface area contributed by atoms with E-state index in [-0.39, 0.29) is 5.91 Å². The van der Waals surface area contributed by atoms with Crippen LogP contribution in [0.15, 0.2) is 54.7 Å². The Balaban J connectivity index is 1.73. The average molecular weight is 350 g/mol. The van der Waals surface area contributed by atoms with Gasteiger partial charge in [0.25, 0.3) is 5.91 Å². The number of hydrogen-bond acceptors (Lipinski definition) is 3. The monoisotopic (exact) mass is 350 g/mol. The number of hydrogen-bond donors (Lipinski definition) is 1. The van der Waals surface area contributed by atoms with Gasteiger partial charge < -0.3 is 19.7 Å². The lowest BCUT2D eigenvalue weighted by atomic mass is 10.1. The molecule has 3 rings (SSSR count). The average Bonchev–Trinajstić information content (AvgIpc) is 3.02. The van der Waals surface area contributed by atoms with E-state index in [2.05, 4.69) is 47.2 Å². The van der Waals surface area contributed by atoms with Crippen LogP contribution in [0.25, 0.3) is 10.9 Å². The van der Waals surface area contributed by atoms with Gasteiger partial charge in [-0.15, -0.1) is 0 Å². The smallest absolute Gasteiger partial charge is 0.255 e. The molecule has 5 nitrogen and oxygen atoms in total. The fourth-order valence-corrected chi connectivity index (χ4v) is 2.89. The minimum absolute atomic E-state index is 0.0957. The molecule has 0 atom stereocenters. The van der Waals surface area contributed by atoms with Crippen molar-refractivity contribution in [3.8, 4) is 0 Å². The summed E-state index contributed by atoms with van der Waals surface area (Å²) in [6.45, 7) is 1.94. The van der Waals surface area contributed by atoms with Gasteiger partial charge in [0.15, 0.2) is 0 Å². The Morgan fingerprint density at radius 1 is 1.00 bits per heavy atom. The van der Waals surface area contributed by atoms with E-state index in [1.165, 1.54) is 5.52 Å². The second-order valence-corrected chi connectivity index (χ2v) is 6.98. The molecule has 0 aliphatic heterocycles. The lowest BCUT2D eigenvalue weighted by molar-refractivity contribution is 0.102. The first-order chi connectivity index (χ1) is 12.4. The number of anilines is 2. The van der Waals surface area contributed by atoms with E-state index in [4.69, 9.17) is 0 Å². The first kappa shape index (κ1) is 18.0. The van der Waals surface area contributed by atoms with Crippen molar-refractivity contribution < 1.29 is 4.79 Å². The summed E-state index contributed by atoms with van der Waals surface area (Å²) in [5.74, 6) is -0.0957. The molecular weight excluding hydrogens is 324 g/mol. The maximum absolute atomic E-state index is 12.5. The third kappa shape index (κ3) is 4.06. The predicted molar refractivity (Wildman–Crippen MR) is 109 cm³/mol. The van der Waals surface area contributed by atoms with E-state index in [1.54, 1.807) is 0 Å². The molecule has 136 valence electrons. The molecule has 0 radical (unpaired) electrons. The van der Waals surface area contributed by atoms with Crippen molar-refractivity contribution in [3.05, 3.63) is 60.3 Å². The summed E-state index contributed by atoms with van der Waals surface area (Å²) in [5, 5.41) is 4.12. The van der Waals surface area contributed by atoms with Gasteiger partial charge in [0.05, 0.1) is 0 Å². The zero-order valence-electron chi connectivity index (χ0n) is 15.9. The highest BCUT2D eigenvalue weighted by Crippen LogP contribution is 2.21. The van der Waals surface area contributed by atoms with Gasteiger partial charge in [-0.05, 0) is 62.6 Å². The first-order valence-corrected chi connectivity index (χ1v) is 8.76. The number of carbonyl (C=O) groups excluding carboxylic acids is 1. The molecular formula is C21H26N4O. The minimum Gasteiger partial charge on any atom is -0.378 e. The zero-order chi connectivity index (χ0) is 18.7. The van der Waals surface area contributed by atoms with E-state index in [9.17, 15) is 4.79 Å². The second kappa shape index (κ2) is 7.62. The van der Waals surface area contributed by atoms with Gasteiger partial charge in [-0.25, -0.2) is 0 Å². The Kier molecular flexibility index (Phi) is 5.28. The summed E-state index contributed by atoms with van der Waals surface area (Å²) < 4.78 is 2.24. The molecule has 2 aromatic carbocycles. The van der Waals surface area contributed by atoms with Gasteiger partial charge in [-0.2, -0.15) is 0 Å². The molecule has 1 heterocycles. The SMILES string of the molecule is CN(C)CCn1ccc2cc(NC(=O)c3ccc(N(C)C)cc3)ccc21. The number of benzene rings is 2. The molecule has 0 aliphatic rings. The number of aromatic nitrogens is 1. The molecule has 0 bridgehead atoms. The van der Waals surface area contributed by atoms with Crippen LogP contribution in [0.2, 0.25) is 0 Å². The largest absolute Gasteiger partial charge is 0.378 e. The van der Waals surface area contributed by atoms with Gasteiger partial charge in [-0.1, -0.05) is 0 Å². The van der Waals surface area contributed by atoms with E-state index >= 15 is 0 Å². The number of likely N-dealkylation sites (N-methyl/N-ethyl adjacent to an activating group) is 1. The summed E-state index contributed by atoms with van der Waals surface area (Å²) in [5.41, 5.74) is 3.71. The number of nitrogens with zero attached hydrogens (tertiary/aromatic N) is 3. The minimum atomic E-state index is -0.0957. The van der Waals surface area contributed by atoms with Crippen molar-refractivity contribution >= 4 is 28.2 Å². The van der Waals surface area contributed by atoms with Crippen LogP contribution in [-0.2, 0) is 6.54 Å². The second-order valence-electron chi connectivity index (χ2n) is 6.98. The van der Waals surface area contributed by atoms with Crippen molar-refractivity contribution in [1.82, 2.24) is 9.47 Å². The van der Waals surface area contributed by atoms with Crippen LogP contribution in [-0.4, -0.2) is 50.1 Å². The third-order valence-corrected chi connectivity index (χ3v) is 4.46. The summed E-state index contributed by atoms with van der Waals surface area (Å²) in [4.78, 5) is 16.7. The maximum Gasteiger partial charge on any atom is 0.255 e. The molecule has 1 amide bonds. The van der Waals surface area contributed by atoms with Gasteiger partial charge in [0, 0.05) is 61.2 Å². The summed E-state index contributed by atoms with van der Waals surface area (Å²) in [7, 11) is 8.11. The number of nitrogens with one attached hydrogen (secondary N) is 1. The predicted octanol–water partition coefficient (Wildman–Crippen LogP) is 3.52. The van der Waals surface area contributed by atoms with Crippen molar-refractivity contribution in [2.45, 2.75) is 6.54 Å². The fraction of sp³-hybridized carbons (Fsp3) is 0.286. The summed E-state index contributed by atoms with van der Waals surface area (Å²) >= 11 is 0. The lowest BCUT2D eigenvalue weighted by Crippen LogP contribution is -2.17. The molecule has 5 heteroatoms. The Hall–Kier alpha value is -2.79. The van der Waals surface area contributed by atoms with Gasteiger partial charge in [0.1, 0.15) is 0 Å². The molecule has 0 aliphatic carbocycles. The van der Waals surface area contributed by atoms with E-state index in [1.807, 2.05) is 55.4 Å². The molecule has 3 aromatic rings. The molecule has 0 spiro atoms. The van der Waals surface area contributed by atoms with E-state index in [0.29, 0.717) is 5.56 Å². The zero-order valence-corrected chi connectivity index (χ0v) is 15.9. The standard InChI is InChI=1S/C21H26N4O/c1-23(2)13-14-25-12-11-17-15-18(7-10-20(17)25)22-21(26)16-5-8-19(9-6-16)24(3)4/h5-12,15H,13-14H2,1-4H3,(H,22,26). The molecule has 0 saturated carbocycles. The molecule has 0 saturated heterocycles. The highest BCUT2D eigenvalue weighted by Gasteiger charge is 2.08. The molecule has 1 aromatic heterocycles. The summed E-state index contributed by atoms with van der Waals surface area (Å²) in [6, 6.07) is 15.7. The number of carbonyl (C=O) groups is 1. The van der Waals surface area contributed by atoms with E-state index < -0.39 is 0 Å². The molecule has 1 N–H and O–H groups in total. The number of fused-ring (bicyclic) bond motifs is 1. The van der Waals surface area contributed by atoms with Crippen molar-refractivity contribution in [2.24, 2.45) is 0 Å². The summed E-state index contributed by atoms with van der Waals surface area (Å²) in [6.07, 6.45) is 2.10. The molecule has 0 fully saturated rings. The quantitative estimate of drug-likeness (QED) is 0.739. The van der Waals surface area contributed by atoms with Crippen LogP contribution >= 0.6 is 0 Å². The van der Waals surface area contributed by atoms with Crippen LogP contribution in [0.4, 0.5) is 11.4 Å². The van der Waals surface area contributed by atoms with Crippen molar-refractivity contribution in [3.63, 3.8) is 0 Å². The topological polar surface area (TPSA) is 40.5 Å². The fourth-order valence-electron chi connectivity index (χ4n) is 2.89. The highest BCUT2D eigenvalue weighted by molar-refractivity contribution is 6.05. The Labute approximate surface area is 154 Å². The Morgan fingerprint density at radius 2 is 1.73 bits per heavy atom. The molecule has 26 heavy (non-hydrogen) atoms. The van der Waals surface area contributed by atoms with Gasteiger partial charge >= 0.3 is 0 Å². The van der Waals surface area contributed by atoms with Gasteiger partial charge in [-0.3, -0.25) is 4.79 Å². The highest BCUT2D eigenvalue weighted by atomic mass is 16.1. The van der Waals surface area contributed by atoms with Crippen LogP contribution in [0.3, 0.4) is 0 Å².